The Kier molecular flexibility index (Phi) is 4.14. The van der Waals surface area contributed by atoms with E-state index in [1.165, 1.54) is 0 Å². The van der Waals surface area contributed by atoms with Crippen LogP contribution in [-0.2, 0) is 11.3 Å². The molecular formula is C20H22N2O2. The molecule has 0 spiro atoms. The Morgan fingerprint density at radius 1 is 1.04 bits per heavy atom. The summed E-state index contributed by atoms with van der Waals surface area (Å²) < 4.78 is 0. The molecule has 24 heavy (non-hydrogen) atoms. The van der Waals surface area contributed by atoms with E-state index in [9.17, 15) is 9.59 Å². The van der Waals surface area contributed by atoms with Crippen molar-refractivity contribution in [1.29, 1.82) is 0 Å². The maximum Gasteiger partial charge on any atom is 0.255 e. The number of rotatable bonds is 3. The summed E-state index contributed by atoms with van der Waals surface area (Å²) in [6, 6.07) is 16.5. The highest BCUT2D eigenvalue weighted by Gasteiger charge is 2.41. The summed E-state index contributed by atoms with van der Waals surface area (Å²) in [6.45, 7) is 6.23. The van der Waals surface area contributed by atoms with Gasteiger partial charge in [0.15, 0.2) is 0 Å². The van der Waals surface area contributed by atoms with Crippen LogP contribution in [0.1, 0.15) is 48.3 Å². The van der Waals surface area contributed by atoms with Gasteiger partial charge in [0.1, 0.15) is 6.04 Å². The third-order valence-electron chi connectivity index (χ3n) is 4.00. The predicted octanol–water partition coefficient (Wildman–Crippen LogP) is 3.30. The van der Waals surface area contributed by atoms with E-state index in [0.717, 1.165) is 11.1 Å². The van der Waals surface area contributed by atoms with E-state index in [4.69, 9.17) is 0 Å². The van der Waals surface area contributed by atoms with Crippen LogP contribution in [0.15, 0.2) is 54.6 Å². The van der Waals surface area contributed by atoms with E-state index < -0.39 is 6.04 Å². The zero-order valence-corrected chi connectivity index (χ0v) is 14.2. The molecule has 2 aromatic rings. The van der Waals surface area contributed by atoms with Crippen LogP contribution in [0, 0.1) is 0 Å². The van der Waals surface area contributed by atoms with Gasteiger partial charge in [0.05, 0.1) is 0 Å². The minimum atomic E-state index is -0.590. The molecule has 0 bridgehead atoms. The van der Waals surface area contributed by atoms with Crippen LogP contribution in [0.2, 0.25) is 0 Å². The van der Waals surface area contributed by atoms with E-state index >= 15 is 0 Å². The standard InChI is InChI=1S/C20H22N2O2/c1-20(2,3)21-18(23)17-15-11-7-8-12-16(15)19(24)22(17)13-14-9-5-4-6-10-14/h4-12,17H,13H2,1-3H3,(H,21,23)/t17-/m1/s1. The fraction of sp³-hybridized carbons (Fsp3) is 0.300. The number of hydrogen-bond donors (Lipinski definition) is 1. The van der Waals surface area contributed by atoms with Crippen molar-refractivity contribution in [2.24, 2.45) is 0 Å². The van der Waals surface area contributed by atoms with Gasteiger partial charge in [0.2, 0.25) is 5.91 Å². The molecule has 0 saturated carbocycles. The number of fused-ring (bicyclic) bond motifs is 1. The van der Waals surface area contributed by atoms with Crippen LogP contribution < -0.4 is 5.32 Å². The fourth-order valence-electron chi connectivity index (χ4n) is 3.03. The van der Waals surface area contributed by atoms with Crippen molar-refractivity contribution in [2.75, 3.05) is 0 Å². The molecule has 1 aliphatic rings. The van der Waals surface area contributed by atoms with Crippen LogP contribution in [0.3, 0.4) is 0 Å². The SMILES string of the molecule is CC(C)(C)NC(=O)[C@H]1c2ccccc2C(=O)N1Cc1ccccc1. The molecular weight excluding hydrogens is 300 g/mol. The summed E-state index contributed by atoms with van der Waals surface area (Å²) in [7, 11) is 0. The van der Waals surface area contributed by atoms with Gasteiger partial charge in [-0.2, -0.15) is 0 Å². The largest absolute Gasteiger partial charge is 0.349 e. The summed E-state index contributed by atoms with van der Waals surface area (Å²) in [5.41, 5.74) is 2.05. The van der Waals surface area contributed by atoms with Gasteiger partial charge in [-0.25, -0.2) is 0 Å². The zero-order valence-electron chi connectivity index (χ0n) is 14.2. The number of carbonyl (C=O) groups excluding carboxylic acids is 2. The van der Waals surface area contributed by atoms with Crippen molar-refractivity contribution < 1.29 is 9.59 Å². The molecule has 4 heteroatoms. The molecule has 0 aliphatic carbocycles. The van der Waals surface area contributed by atoms with E-state index in [-0.39, 0.29) is 17.4 Å². The second kappa shape index (κ2) is 6.11. The van der Waals surface area contributed by atoms with Crippen LogP contribution in [0.5, 0.6) is 0 Å². The summed E-state index contributed by atoms with van der Waals surface area (Å²) >= 11 is 0. The molecule has 0 fully saturated rings. The first kappa shape index (κ1) is 16.2. The molecule has 1 heterocycles. The number of carbonyl (C=O) groups is 2. The molecule has 0 aromatic heterocycles. The first-order valence-electron chi connectivity index (χ1n) is 8.13. The topological polar surface area (TPSA) is 49.4 Å². The molecule has 2 aromatic carbocycles. The van der Waals surface area contributed by atoms with Crippen LogP contribution >= 0.6 is 0 Å². The number of benzene rings is 2. The van der Waals surface area contributed by atoms with Gasteiger partial charge in [-0.3, -0.25) is 9.59 Å². The van der Waals surface area contributed by atoms with Gasteiger partial charge in [-0.1, -0.05) is 48.5 Å². The molecule has 1 N–H and O–H groups in total. The van der Waals surface area contributed by atoms with Crippen LogP contribution in [0.25, 0.3) is 0 Å². The monoisotopic (exact) mass is 322 g/mol. The Morgan fingerprint density at radius 2 is 1.67 bits per heavy atom. The highest BCUT2D eigenvalue weighted by molar-refractivity contribution is 6.04. The second-order valence-corrected chi connectivity index (χ2v) is 7.15. The number of nitrogens with one attached hydrogen (secondary N) is 1. The smallest absolute Gasteiger partial charge is 0.255 e. The number of amides is 2. The third-order valence-corrected chi connectivity index (χ3v) is 4.00. The maximum atomic E-state index is 12.9. The molecule has 0 radical (unpaired) electrons. The Morgan fingerprint density at radius 3 is 2.33 bits per heavy atom. The Hall–Kier alpha value is -2.62. The Labute approximate surface area is 142 Å². The molecule has 1 aliphatic heterocycles. The lowest BCUT2D eigenvalue weighted by atomic mass is 10.0. The first-order valence-corrected chi connectivity index (χ1v) is 8.13. The average Bonchev–Trinajstić information content (AvgIpc) is 2.80. The summed E-state index contributed by atoms with van der Waals surface area (Å²) in [4.78, 5) is 27.3. The first-order chi connectivity index (χ1) is 11.4. The van der Waals surface area contributed by atoms with Crippen molar-refractivity contribution in [3.63, 3.8) is 0 Å². The lowest BCUT2D eigenvalue weighted by Gasteiger charge is -2.28. The molecule has 2 amide bonds. The Bertz CT molecular complexity index is 763. The highest BCUT2D eigenvalue weighted by Crippen LogP contribution is 2.35. The van der Waals surface area contributed by atoms with Gasteiger partial charge in [-0.15, -0.1) is 0 Å². The normalized spacial score (nSPS) is 16.9. The van der Waals surface area contributed by atoms with E-state index in [2.05, 4.69) is 5.32 Å². The van der Waals surface area contributed by atoms with Crippen molar-refractivity contribution in [1.82, 2.24) is 10.2 Å². The van der Waals surface area contributed by atoms with Crippen molar-refractivity contribution in [3.05, 3.63) is 71.3 Å². The third kappa shape index (κ3) is 3.18. The molecule has 0 saturated heterocycles. The lowest BCUT2D eigenvalue weighted by molar-refractivity contribution is -0.127. The van der Waals surface area contributed by atoms with Crippen LogP contribution in [0.4, 0.5) is 0 Å². The Balaban J connectivity index is 1.96. The van der Waals surface area contributed by atoms with Crippen molar-refractivity contribution in [2.45, 2.75) is 38.9 Å². The predicted molar refractivity (Wildman–Crippen MR) is 93.4 cm³/mol. The van der Waals surface area contributed by atoms with Gasteiger partial charge in [-0.05, 0) is 38.0 Å². The summed E-state index contributed by atoms with van der Waals surface area (Å²) in [5.74, 6) is -0.236. The van der Waals surface area contributed by atoms with Gasteiger partial charge in [0.25, 0.3) is 5.91 Å². The summed E-state index contributed by atoms with van der Waals surface area (Å²) in [6.07, 6.45) is 0. The molecule has 0 unspecified atom stereocenters. The minimum absolute atomic E-state index is 0.0940. The molecule has 3 rings (SSSR count). The van der Waals surface area contributed by atoms with E-state index in [1.807, 2.05) is 69.3 Å². The quantitative estimate of drug-likeness (QED) is 0.942. The van der Waals surface area contributed by atoms with Crippen molar-refractivity contribution >= 4 is 11.8 Å². The molecule has 124 valence electrons. The number of hydrogen-bond acceptors (Lipinski definition) is 2. The van der Waals surface area contributed by atoms with E-state index in [0.29, 0.717) is 12.1 Å². The highest BCUT2D eigenvalue weighted by atomic mass is 16.2. The molecule has 4 nitrogen and oxygen atoms in total. The number of nitrogens with zero attached hydrogens (tertiary/aromatic N) is 1. The van der Waals surface area contributed by atoms with Gasteiger partial charge >= 0.3 is 0 Å². The lowest BCUT2D eigenvalue weighted by Crippen LogP contribution is -2.46. The van der Waals surface area contributed by atoms with Gasteiger partial charge < -0.3 is 10.2 Å². The fourth-order valence-corrected chi connectivity index (χ4v) is 3.03. The van der Waals surface area contributed by atoms with Gasteiger partial charge in [0, 0.05) is 17.6 Å². The van der Waals surface area contributed by atoms with E-state index in [1.54, 1.807) is 11.0 Å². The summed E-state index contributed by atoms with van der Waals surface area (Å²) in [5, 5.41) is 3.01. The minimum Gasteiger partial charge on any atom is -0.349 e. The average molecular weight is 322 g/mol. The molecule has 1 atom stereocenters. The zero-order chi connectivity index (χ0) is 17.3. The second-order valence-electron chi connectivity index (χ2n) is 7.15. The van der Waals surface area contributed by atoms with Crippen LogP contribution in [-0.4, -0.2) is 22.3 Å². The van der Waals surface area contributed by atoms with Crippen molar-refractivity contribution in [3.8, 4) is 0 Å². The maximum absolute atomic E-state index is 12.9.